The van der Waals surface area contributed by atoms with Crippen LogP contribution in [0.5, 0.6) is 0 Å². The van der Waals surface area contributed by atoms with Gasteiger partial charge in [-0.25, -0.2) is 8.37 Å². The molecule has 3 aromatic rings. The molecule has 1 saturated heterocycles. The number of hydrogen-bond acceptors (Lipinski definition) is 12. The summed E-state index contributed by atoms with van der Waals surface area (Å²) in [5.74, 6) is -0.190. The standard InChI is InChI=1S/C61H95NO14S2/c1-3-5-7-9-11-13-15-17-19-21-23-25-36-44-55(70-46-51-38-30-27-31-39-51)54(62-57(63)45-37-26-24-22-20-18-16-14-12-10-8-6-4-2)49-73-61-60(72-48-53-42-34-29-35-43-53)59(71-47-52-40-32-28-33-41-52)58(76-78(67,68)69)56(75-61)50-74-77(64,65)66/h27-36,38-44,54-56,58-61H,3-26,37,45-50H2,1-2H3,(H,62,63)(H,64,65,66)(H,67,68,69)/b44-36+/t54-,55+,56-,58+,59-,60-,61+/m0/s1. The smallest absolute Gasteiger partial charge is 0.368 e. The molecule has 1 aliphatic rings. The number of unbranched alkanes of at least 4 members (excludes halogenated alkanes) is 23. The van der Waals surface area contributed by atoms with E-state index in [-0.39, 0.29) is 38.8 Å². The number of rotatable bonds is 46. The second-order valence-corrected chi connectivity index (χ2v) is 22.9. The Bertz CT molecular complexity index is 2220. The van der Waals surface area contributed by atoms with Crippen LogP contribution in [0.2, 0.25) is 0 Å². The highest BCUT2D eigenvalue weighted by Gasteiger charge is 2.51. The average Bonchev–Trinajstić information content (AvgIpc) is 3.42. The fourth-order valence-electron chi connectivity index (χ4n) is 9.68. The van der Waals surface area contributed by atoms with Crippen molar-refractivity contribution in [3.05, 3.63) is 120 Å². The van der Waals surface area contributed by atoms with E-state index in [0.717, 1.165) is 49.7 Å². The normalized spacial score (nSPS) is 18.8. The van der Waals surface area contributed by atoms with Gasteiger partial charge >= 0.3 is 20.8 Å². The van der Waals surface area contributed by atoms with Gasteiger partial charge in [-0.15, -0.1) is 0 Å². The van der Waals surface area contributed by atoms with Crippen molar-refractivity contribution in [2.24, 2.45) is 0 Å². The van der Waals surface area contributed by atoms with Crippen LogP contribution in [0.25, 0.3) is 0 Å². The Morgan fingerprint density at radius 3 is 1.45 bits per heavy atom. The molecule has 1 aliphatic heterocycles. The summed E-state index contributed by atoms with van der Waals surface area (Å²) in [6.07, 6.45) is 25.6. The first-order valence-corrected chi connectivity index (χ1v) is 32.1. The second-order valence-electron chi connectivity index (χ2n) is 20.8. The van der Waals surface area contributed by atoms with Gasteiger partial charge in [0.1, 0.15) is 24.4 Å². The Morgan fingerprint density at radius 2 is 0.987 bits per heavy atom. The molecular weight excluding hydrogens is 1030 g/mol. The van der Waals surface area contributed by atoms with E-state index in [4.69, 9.17) is 32.1 Å². The van der Waals surface area contributed by atoms with Crippen LogP contribution in [0.15, 0.2) is 103 Å². The minimum atomic E-state index is -5.26. The molecule has 0 radical (unpaired) electrons. The van der Waals surface area contributed by atoms with Crippen LogP contribution in [-0.4, -0.2) is 87.9 Å². The zero-order valence-corrected chi connectivity index (χ0v) is 48.5. The van der Waals surface area contributed by atoms with Crippen LogP contribution in [0.4, 0.5) is 0 Å². The van der Waals surface area contributed by atoms with E-state index in [0.29, 0.717) is 12.0 Å². The highest BCUT2D eigenvalue weighted by Crippen LogP contribution is 2.32. The Balaban J connectivity index is 1.59. The maximum absolute atomic E-state index is 14.1. The van der Waals surface area contributed by atoms with Gasteiger partial charge in [-0.3, -0.25) is 13.9 Å². The molecule has 0 aliphatic carbocycles. The molecule has 1 fully saturated rings. The number of amides is 1. The van der Waals surface area contributed by atoms with Crippen molar-refractivity contribution in [3.63, 3.8) is 0 Å². The van der Waals surface area contributed by atoms with Crippen LogP contribution >= 0.6 is 0 Å². The van der Waals surface area contributed by atoms with Crippen molar-refractivity contribution >= 4 is 26.7 Å². The molecule has 3 aromatic carbocycles. The average molecular weight is 1130 g/mol. The second kappa shape index (κ2) is 40.6. The first-order chi connectivity index (χ1) is 37.8. The molecule has 0 unspecified atom stereocenters. The Labute approximate surface area is 469 Å². The van der Waals surface area contributed by atoms with Crippen LogP contribution in [0, 0.1) is 0 Å². The van der Waals surface area contributed by atoms with Gasteiger partial charge in [-0.1, -0.05) is 258 Å². The molecule has 0 aromatic heterocycles. The molecular formula is C61H95NO14S2. The fourth-order valence-corrected chi connectivity index (χ4v) is 10.5. The third-order valence-electron chi connectivity index (χ3n) is 14.1. The monoisotopic (exact) mass is 1130 g/mol. The largest absolute Gasteiger partial charge is 0.397 e. The summed E-state index contributed by atoms with van der Waals surface area (Å²) < 4.78 is 111. The zero-order valence-electron chi connectivity index (χ0n) is 46.9. The summed E-state index contributed by atoms with van der Waals surface area (Å²) in [5, 5.41) is 3.22. The van der Waals surface area contributed by atoms with Crippen molar-refractivity contribution in [3.8, 4) is 0 Å². The molecule has 4 rings (SSSR count). The first kappa shape index (κ1) is 66.9. The molecule has 0 bridgehead atoms. The lowest BCUT2D eigenvalue weighted by Gasteiger charge is -2.45. The minimum absolute atomic E-state index is 0.0470. The van der Waals surface area contributed by atoms with E-state index >= 15 is 0 Å². The summed E-state index contributed by atoms with van der Waals surface area (Å²) in [5.41, 5.74) is 2.34. The quantitative estimate of drug-likeness (QED) is 0.0274. The molecule has 78 heavy (non-hydrogen) atoms. The fraction of sp³-hybridized carbons (Fsp3) is 0.656. The molecule has 3 N–H and O–H groups in total. The van der Waals surface area contributed by atoms with Gasteiger partial charge in [0, 0.05) is 6.42 Å². The van der Waals surface area contributed by atoms with Crippen molar-refractivity contribution < 1.29 is 62.8 Å². The van der Waals surface area contributed by atoms with Crippen molar-refractivity contribution in [2.45, 2.75) is 243 Å². The van der Waals surface area contributed by atoms with Gasteiger partial charge in [-0.2, -0.15) is 16.8 Å². The van der Waals surface area contributed by atoms with E-state index in [1.165, 1.54) is 116 Å². The number of ether oxygens (including phenoxy) is 5. The van der Waals surface area contributed by atoms with Gasteiger partial charge in [0.15, 0.2) is 6.29 Å². The Hall–Kier alpha value is -3.59. The van der Waals surface area contributed by atoms with Gasteiger partial charge in [-0.05, 0) is 36.0 Å². The van der Waals surface area contributed by atoms with Gasteiger partial charge in [0.2, 0.25) is 5.91 Å². The number of carbonyl (C=O) groups is 1. The van der Waals surface area contributed by atoms with Gasteiger partial charge < -0.3 is 29.0 Å². The predicted octanol–water partition coefficient (Wildman–Crippen LogP) is 13.7. The summed E-state index contributed by atoms with van der Waals surface area (Å²) in [4.78, 5) is 14.1. The Morgan fingerprint density at radius 1 is 0.551 bits per heavy atom. The van der Waals surface area contributed by atoms with Gasteiger partial charge in [0.05, 0.1) is 45.2 Å². The summed E-state index contributed by atoms with van der Waals surface area (Å²) in [6, 6.07) is 27.0. The lowest BCUT2D eigenvalue weighted by atomic mass is 9.98. The van der Waals surface area contributed by atoms with E-state index in [9.17, 15) is 30.7 Å². The number of allylic oxidation sites excluding steroid dienone is 1. The van der Waals surface area contributed by atoms with E-state index in [1.807, 2.05) is 72.8 Å². The number of benzene rings is 3. The molecule has 1 amide bonds. The molecule has 7 atom stereocenters. The number of nitrogens with one attached hydrogen (secondary N) is 1. The predicted molar refractivity (Wildman–Crippen MR) is 306 cm³/mol. The molecule has 440 valence electrons. The van der Waals surface area contributed by atoms with E-state index in [2.05, 4.69) is 25.2 Å². The lowest BCUT2D eigenvalue weighted by Crippen LogP contribution is -2.62. The van der Waals surface area contributed by atoms with Crippen LogP contribution in [0.1, 0.15) is 197 Å². The van der Waals surface area contributed by atoms with E-state index < -0.39 is 70.3 Å². The Kier molecular flexibility index (Phi) is 34.8. The molecule has 0 spiro atoms. The number of hydrogen-bond donors (Lipinski definition) is 3. The summed E-state index contributed by atoms with van der Waals surface area (Å²) in [7, 11) is -10.4. The SMILES string of the molecule is CCCCCCCCCCCCC/C=C/[C@@H](OCc1ccccc1)[C@H](CO[C@@H]1O[C@@H](COS(=O)(=O)O)[C@@H](OS(=O)(=O)O)[C@H](OCc2ccccc2)[C@@H]1OCc1ccccc1)NC(=O)CCCCCCCCCCCCCCC. The van der Waals surface area contributed by atoms with Crippen molar-refractivity contribution in [1.29, 1.82) is 0 Å². The molecule has 0 saturated carbocycles. The lowest BCUT2D eigenvalue weighted by molar-refractivity contribution is -0.316. The molecule has 17 heteroatoms. The topological polar surface area (TPSA) is 202 Å². The third kappa shape index (κ3) is 30.8. The summed E-state index contributed by atoms with van der Waals surface area (Å²) in [6.45, 7) is 3.34. The molecule has 15 nitrogen and oxygen atoms in total. The highest BCUT2D eigenvalue weighted by molar-refractivity contribution is 7.81. The van der Waals surface area contributed by atoms with Crippen molar-refractivity contribution in [2.75, 3.05) is 13.2 Å². The maximum Gasteiger partial charge on any atom is 0.397 e. The maximum atomic E-state index is 14.1. The minimum Gasteiger partial charge on any atom is -0.368 e. The van der Waals surface area contributed by atoms with Crippen LogP contribution in [-0.2, 0) is 77.5 Å². The van der Waals surface area contributed by atoms with Gasteiger partial charge in [0.25, 0.3) is 0 Å². The summed E-state index contributed by atoms with van der Waals surface area (Å²) >= 11 is 0. The van der Waals surface area contributed by atoms with E-state index in [1.54, 1.807) is 24.3 Å². The highest BCUT2D eigenvalue weighted by atomic mass is 32.3. The molecule has 1 heterocycles. The third-order valence-corrected chi connectivity index (χ3v) is 15.0. The van der Waals surface area contributed by atoms with Crippen molar-refractivity contribution in [1.82, 2.24) is 5.32 Å². The van der Waals surface area contributed by atoms with Crippen LogP contribution < -0.4 is 5.32 Å². The van der Waals surface area contributed by atoms with Crippen LogP contribution in [0.3, 0.4) is 0 Å². The zero-order chi connectivity index (χ0) is 55.9. The first-order valence-electron chi connectivity index (χ1n) is 29.3. The number of carbonyl (C=O) groups excluding carboxylic acids is 1.